The van der Waals surface area contributed by atoms with E-state index in [1.807, 2.05) is 6.07 Å². The highest BCUT2D eigenvalue weighted by Crippen LogP contribution is 2.33. The van der Waals surface area contributed by atoms with Crippen molar-refractivity contribution in [3.8, 4) is 0 Å². The second kappa shape index (κ2) is 14.8. The first-order chi connectivity index (χ1) is 22.4. The van der Waals surface area contributed by atoms with Crippen molar-refractivity contribution in [1.82, 2.24) is 10.2 Å². The molecule has 7 nitrogen and oxygen atoms in total. The van der Waals surface area contributed by atoms with Crippen LogP contribution in [-0.4, -0.2) is 43.3 Å². The third kappa shape index (κ3) is 9.60. The molecule has 0 heterocycles. The molecule has 2 amide bonds. The summed E-state index contributed by atoms with van der Waals surface area (Å²) in [6, 6.07) is 24.1. The molecule has 4 rings (SSSR count). The average molecular weight is 700 g/mol. The summed E-state index contributed by atoms with van der Waals surface area (Å²) in [7, 11) is -4.57. The smallest absolute Gasteiger partial charge is 0.350 e. The molecule has 48 heavy (non-hydrogen) atoms. The van der Waals surface area contributed by atoms with Crippen LogP contribution in [0.25, 0.3) is 0 Å². The maximum Gasteiger partial charge on any atom is 0.416 e. The monoisotopic (exact) mass is 699 g/mol. The van der Waals surface area contributed by atoms with Gasteiger partial charge in [0.15, 0.2) is 0 Å². The Bertz CT molecular complexity index is 1830. The van der Waals surface area contributed by atoms with E-state index in [0.29, 0.717) is 21.0 Å². The fourth-order valence-corrected chi connectivity index (χ4v) is 6.53. The number of alkyl halides is 3. The van der Waals surface area contributed by atoms with Gasteiger partial charge in [-0.1, -0.05) is 77.8 Å². The minimum absolute atomic E-state index is 0.0797. The van der Waals surface area contributed by atoms with Crippen molar-refractivity contribution in [2.45, 2.75) is 63.3 Å². The first-order valence-corrected chi connectivity index (χ1v) is 16.9. The van der Waals surface area contributed by atoms with Crippen LogP contribution in [0.3, 0.4) is 0 Å². The van der Waals surface area contributed by atoms with Crippen LogP contribution in [0, 0.1) is 6.92 Å². The number of amides is 2. The standard InChI is InChI=1S/C36H37ClF3N3O4S/c1-25-13-19-31(20-14-25)48(46,47)43(30-12-8-11-28(22-30)36(38,39)40)24-33(44)42(23-27-15-17-29(37)18-16-27)32(34(45)41-35(2,3)4)21-26-9-6-5-7-10-26/h5-20,22,32H,21,23-24H2,1-4H3,(H,41,45)/t32-/m1/s1. The summed E-state index contributed by atoms with van der Waals surface area (Å²) >= 11 is 6.11. The van der Waals surface area contributed by atoms with Crippen LogP contribution < -0.4 is 9.62 Å². The maximum absolute atomic E-state index is 14.5. The van der Waals surface area contributed by atoms with Gasteiger partial charge in [0.2, 0.25) is 11.8 Å². The number of hydrogen-bond donors (Lipinski definition) is 1. The number of anilines is 1. The number of carbonyl (C=O) groups excluding carboxylic acids is 2. The number of benzene rings is 4. The Hall–Kier alpha value is -4.35. The number of sulfonamides is 1. The molecule has 0 unspecified atom stereocenters. The Kier molecular flexibility index (Phi) is 11.3. The lowest BCUT2D eigenvalue weighted by atomic mass is 10.0. The van der Waals surface area contributed by atoms with Gasteiger partial charge in [0.05, 0.1) is 16.1 Å². The average Bonchev–Trinajstić information content (AvgIpc) is 3.01. The molecule has 0 saturated carbocycles. The molecule has 0 saturated heterocycles. The van der Waals surface area contributed by atoms with Gasteiger partial charge >= 0.3 is 6.18 Å². The highest BCUT2D eigenvalue weighted by atomic mass is 35.5. The minimum Gasteiger partial charge on any atom is -0.350 e. The third-order valence-electron chi connectivity index (χ3n) is 7.38. The van der Waals surface area contributed by atoms with Crippen LogP contribution >= 0.6 is 11.6 Å². The van der Waals surface area contributed by atoms with Gasteiger partial charge in [-0.05, 0) is 81.3 Å². The summed E-state index contributed by atoms with van der Waals surface area (Å²) in [5.74, 6) is -1.29. The van der Waals surface area contributed by atoms with Gasteiger partial charge in [-0.15, -0.1) is 0 Å². The number of nitrogens with one attached hydrogen (secondary N) is 1. The van der Waals surface area contributed by atoms with Crippen molar-refractivity contribution in [2.24, 2.45) is 0 Å². The predicted octanol–water partition coefficient (Wildman–Crippen LogP) is 7.42. The maximum atomic E-state index is 14.5. The summed E-state index contributed by atoms with van der Waals surface area (Å²) in [5.41, 5.74) is -0.0212. The van der Waals surface area contributed by atoms with Gasteiger partial charge in [-0.25, -0.2) is 8.42 Å². The topological polar surface area (TPSA) is 86.8 Å². The molecular formula is C36H37ClF3N3O4S. The normalized spacial score (nSPS) is 12.7. The van der Waals surface area contributed by atoms with Crippen LogP contribution in [-0.2, 0) is 38.8 Å². The van der Waals surface area contributed by atoms with Crippen LogP contribution in [0.15, 0.2) is 108 Å². The zero-order valence-electron chi connectivity index (χ0n) is 27.0. The lowest BCUT2D eigenvalue weighted by Crippen LogP contribution is -2.56. The van der Waals surface area contributed by atoms with E-state index in [2.05, 4.69) is 5.32 Å². The molecule has 0 spiro atoms. The van der Waals surface area contributed by atoms with E-state index in [0.717, 1.165) is 23.3 Å². The van der Waals surface area contributed by atoms with E-state index < -0.39 is 51.7 Å². The van der Waals surface area contributed by atoms with Crippen LogP contribution in [0.1, 0.15) is 43.0 Å². The molecule has 0 aliphatic rings. The van der Waals surface area contributed by atoms with Gasteiger partial charge in [0, 0.05) is 23.5 Å². The Labute approximate surface area is 284 Å². The minimum atomic E-state index is -4.77. The van der Waals surface area contributed by atoms with E-state index in [9.17, 15) is 31.2 Å². The van der Waals surface area contributed by atoms with E-state index in [-0.39, 0.29) is 23.5 Å². The first kappa shape index (κ1) is 36.5. The molecule has 0 aliphatic carbocycles. The molecule has 0 fully saturated rings. The second-order valence-corrected chi connectivity index (χ2v) is 14.8. The molecule has 0 radical (unpaired) electrons. The van der Waals surface area contributed by atoms with E-state index >= 15 is 0 Å². The molecule has 12 heteroatoms. The van der Waals surface area contributed by atoms with Crippen molar-refractivity contribution in [3.63, 3.8) is 0 Å². The fraction of sp³-hybridized carbons (Fsp3) is 0.278. The quantitative estimate of drug-likeness (QED) is 0.177. The van der Waals surface area contributed by atoms with E-state index in [1.165, 1.54) is 23.1 Å². The highest BCUT2D eigenvalue weighted by Gasteiger charge is 2.37. The molecule has 0 aromatic heterocycles. The van der Waals surface area contributed by atoms with E-state index in [4.69, 9.17) is 11.6 Å². The molecular weight excluding hydrogens is 663 g/mol. The number of nitrogens with zero attached hydrogens (tertiary/aromatic N) is 2. The SMILES string of the molecule is Cc1ccc(S(=O)(=O)N(CC(=O)N(Cc2ccc(Cl)cc2)[C@H](Cc2ccccc2)C(=O)NC(C)(C)C)c2cccc(C(F)(F)F)c2)cc1. The zero-order chi connectivity index (χ0) is 35.3. The number of aryl methyl sites for hydroxylation is 1. The molecule has 1 N–H and O–H groups in total. The summed E-state index contributed by atoms with van der Waals surface area (Å²) in [6.45, 7) is 6.12. The molecule has 4 aromatic carbocycles. The molecule has 0 bridgehead atoms. The van der Waals surface area contributed by atoms with Crippen LogP contribution in [0.2, 0.25) is 5.02 Å². The summed E-state index contributed by atoms with van der Waals surface area (Å²) in [4.78, 5) is 29.5. The van der Waals surface area contributed by atoms with Crippen molar-refractivity contribution < 1.29 is 31.2 Å². The van der Waals surface area contributed by atoms with Gasteiger partial charge < -0.3 is 10.2 Å². The van der Waals surface area contributed by atoms with Crippen LogP contribution in [0.5, 0.6) is 0 Å². The summed E-state index contributed by atoms with van der Waals surface area (Å²) < 4.78 is 70.3. The Morgan fingerprint density at radius 3 is 2.04 bits per heavy atom. The Balaban J connectivity index is 1.85. The van der Waals surface area contributed by atoms with Gasteiger partial charge in [-0.2, -0.15) is 13.2 Å². The Morgan fingerprint density at radius 1 is 0.833 bits per heavy atom. The summed E-state index contributed by atoms with van der Waals surface area (Å²) in [6.07, 6.45) is -4.69. The molecule has 4 aromatic rings. The second-order valence-electron chi connectivity index (χ2n) is 12.5. The highest BCUT2D eigenvalue weighted by molar-refractivity contribution is 7.92. The lowest BCUT2D eigenvalue weighted by Gasteiger charge is -2.35. The van der Waals surface area contributed by atoms with Crippen molar-refractivity contribution in [2.75, 3.05) is 10.8 Å². The van der Waals surface area contributed by atoms with Gasteiger partial charge in [0.25, 0.3) is 10.0 Å². The largest absolute Gasteiger partial charge is 0.416 e. The van der Waals surface area contributed by atoms with Crippen molar-refractivity contribution in [3.05, 3.63) is 130 Å². The van der Waals surface area contributed by atoms with Crippen molar-refractivity contribution in [1.29, 1.82) is 0 Å². The summed E-state index contributed by atoms with van der Waals surface area (Å²) in [5, 5.41) is 3.38. The number of hydrogen-bond acceptors (Lipinski definition) is 4. The van der Waals surface area contributed by atoms with Crippen molar-refractivity contribution >= 4 is 39.1 Å². The Morgan fingerprint density at radius 2 is 1.46 bits per heavy atom. The lowest BCUT2D eigenvalue weighted by molar-refractivity contribution is -0.140. The van der Waals surface area contributed by atoms with E-state index in [1.54, 1.807) is 88.4 Å². The number of halogens is 4. The molecule has 0 aliphatic heterocycles. The predicted molar refractivity (Wildman–Crippen MR) is 181 cm³/mol. The third-order valence-corrected chi connectivity index (χ3v) is 9.42. The first-order valence-electron chi connectivity index (χ1n) is 15.1. The number of rotatable bonds is 11. The molecule has 1 atom stereocenters. The van der Waals surface area contributed by atoms with Gasteiger partial charge in [0.1, 0.15) is 12.6 Å². The molecule has 254 valence electrons. The van der Waals surface area contributed by atoms with Crippen LogP contribution in [0.4, 0.5) is 18.9 Å². The van der Waals surface area contributed by atoms with Gasteiger partial charge in [-0.3, -0.25) is 13.9 Å². The number of carbonyl (C=O) groups is 2. The fourth-order valence-electron chi connectivity index (χ4n) is 5.00. The zero-order valence-corrected chi connectivity index (χ0v) is 28.5.